The lowest BCUT2D eigenvalue weighted by Crippen LogP contribution is -2.06. The number of halogens is 1. The maximum Gasteiger partial charge on any atom is 0.247 e. The van der Waals surface area contributed by atoms with E-state index in [1.165, 1.54) is 6.92 Å². The first-order valence-electron chi connectivity index (χ1n) is 7.30. The largest absolute Gasteiger partial charge is 0.419 e. The standard InChI is InChI=1S/C17H15ClN4O2/c1-11(23)20-15-7-3-6-14(9-15)19-10-16-21-22-17(24-16)12-4-2-5-13(18)8-12/h2-9,19H,10H2,1H3,(H,20,23). The highest BCUT2D eigenvalue weighted by atomic mass is 35.5. The fourth-order valence-corrected chi connectivity index (χ4v) is 2.34. The second-order valence-corrected chi connectivity index (χ2v) is 5.56. The summed E-state index contributed by atoms with van der Waals surface area (Å²) in [5.74, 6) is 0.756. The molecule has 0 bridgehead atoms. The molecular formula is C17H15ClN4O2. The normalized spacial score (nSPS) is 10.4. The summed E-state index contributed by atoms with van der Waals surface area (Å²) in [6.45, 7) is 1.84. The number of benzene rings is 2. The first-order valence-corrected chi connectivity index (χ1v) is 7.68. The molecule has 0 radical (unpaired) electrons. The smallest absolute Gasteiger partial charge is 0.247 e. The predicted octanol–water partition coefficient (Wildman–Crippen LogP) is 3.96. The van der Waals surface area contributed by atoms with Gasteiger partial charge in [-0.1, -0.05) is 23.7 Å². The van der Waals surface area contributed by atoms with Crippen molar-refractivity contribution < 1.29 is 9.21 Å². The molecule has 0 aliphatic carbocycles. The van der Waals surface area contributed by atoms with Gasteiger partial charge >= 0.3 is 0 Å². The minimum Gasteiger partial charge on any atom is -0.419 e. The quantitative estimate of drug-likeness (QED) is 0.733. The molecule has 0 saturated carbocycles. The van der Waals surface area contributed by atoms with Crippen LogP contribution in [0.3, 0.4) is 0 Å². The van der Waals surface area contributed by atoms with Crippen LogP contribution in [0.4, 0.5) is 11.4 Å². The zero-order valence-electron chi connectivity index (χ0n) is 12.9. The minimum atomic E-state index is -0.116. The molecular weight excluding hydrogens is 328 g/mol. The number of anilines is 2. The average molecular weight is 343 g/mol. The van der Waals surface area contributed by atoms with E-state index in [0.717, 1.165) is 16.9 Å². The average Bonchev–Trinajstić information content (AvgIpc) is 3.02. The highest BCUT2D eigenvalue weighted by Gasteiger charge is 2.09. The third-order valence-electron chi connectivity index (χ3n) is 3.17. The number of carbonyl (C=O) groups excluding carboxylic acids is 1. The van der Waals surface area contributed by atoms with Gasteiger partial charge in [-0.3, -0.25) is 4.79 Å². The number of nitrogens with one attached hydrogen (secondary N) is 2. The Balaban J connectivity index is 1.66. The number of hydrogen-bond donors (Lipinski definition) is 2. The molecule has 0 atom stereocenters. The van der Waals surface area contributed by atoms with Gasteiger partial charge in [0.15, 0.2) is 0 Å². The Labute approximate surface area is 143 Å². The molecule has 2 aromatic carbocycles. The fourth-order valence-electron chi connectivity index (χ4n) is 2.15. The van der Waals surface area contributed by atoms with E-state index in [2.05, 4.69) is 20.8 Å². The number of amides is 1. The van der Waals surface area contributed by atoms with Gasteiger partial charge in [-0.2, -0.15) is 0 Å². The van der Waals surface area contributed by atoms with E-state index in [-0.39, 0.29) is 5.91 Å². The first-order chi connectivity index (χ1) is 11.6. The molecule has 3 aromatic rings. The van der Waals surface area contributed by atoms with E-state index in [4.69, 9.17) is 16.0 Å². The second-order valence-electron chi connectivity index (χ2n) is 5.13. The van der Waals surface area contributed by atoms with Crippen molar-refractivity contribution >= 4 is 28.9 Å². The van der Waals surface area contributed by atoms with Crippen LogP contribution in [0.5, 0.6) is 0 Å². The van der Waals surface area contributed by atoms with E-state index in [9.17, 15) is 4.79 Å². The van der Waals surface area contributed by atoms with Crippen molar-refractivity contribution in [2.75, 3.05) is 10.6 Å². The van der Waals surface area contributed by atoms with Crippen molar-refractivity contribution in [1.82, 2.24) is 10.2 Å². The van der Waals surface area contributed by atoms with Gasteiger partial charge in [-0.05, 0) is 36.4 Å². The Morgan fingerprint density at radius 1 is 1.12 bits per heavy atom. The molecule has 6 nitrogen and oxygen atoms in total. The summed E-state index contributed by atoms with van der Waals surface area (Å²) in [4.78, 5) is 11.1. The lowest BCUT2D eigenvalue weighted by Gasteiger charge is -2.06. The van der Waals surface area contributed by atoms with Gasteiger partial charge < -0.3 is 15.1 Å². The molecule has 0 saturated heterocycles. The molecule has 24 heavy (non-hydrogen) atoms. The zero-order chi connectivity index (χ0) is 16.9. The van der Waals surface area contributed by atoms with Gasteiger partial charge in [0.2, 0.25) is 17.7 Å². The van der Waals surface area contributed by atoms with Crippen molar-refractivity contribution in [3.63, 3.8) is 0 Å². The Kier molecular flexibility index (Phi) is 4.77. The summed E-state index contributed by atoms with van der Waals surface area (Å²) >= 11 is 5.96. The van der Waals surface area contributed by atoms with Crippen LogP contribution in [0.15, 0.2) is 52.9 Å². The number of hydrogen-bond acceptors (Lipinski definition) is 5. The molecule has 0 aliphatic rings. The van der Waals surface area contributed by atoms with Gasteiger partial charge in [0, 0.05) is 28.9 Å². The van der Waals surface area contributed by atoms with Crippen molar-refractivity contribution in [3.05, 3.63) is 59.4 Å². The second kappa shape index (κ2) is 7.14. The maximum atomic E-state index is 11.1. The van der Waals surface area contributed by atoms with E-state index in [1.807, 2.05) is 36.4 Å². The lowest BCUT2D eigenvalue weighted by atomic mass is 10.2. The Morgan fingerprint density at radius 3 is 2.71 bits per heavy atom. The van der Waals surface area contributed by atoms with Crippen LogP contribution < -0.4 is 10.6 Å². The molecule has 2 N–H and O–H groups in total. The highest BCUT2D eigenvalue weighted by molar-refractivity contribution is 6.30. The van der Waals surface area contributed by atoms with Gasteiger partial charge in [-0.25, -0.2) is 0 Å². The van der Waals surface area contributed by atoms with Gasteiger partial charge in [-0.15, -0.1) is 10.2 Å². The van der Waals surface area contributed by atoms with Crippen LogP contribution in [0.1, 0.15) is 12.8 Å². The fraction of sp³-hybridized carbons (Fsp3) is 0.118. The van der Waals surface area contributed by atoms with Crippen LogP contribution in [0, 0.1) is 0 Å². The molecule has 1 heterocycles. The van der Waals surface area contributed by atoms with Crippen LogP contribution >= 0.6 is 11.6 Å². The van der Waals surface area contributed by atoms with Gasteiger partial charge in [0.25, 0.3) is 0 Å². The zero-order valence-corrected chi connectivity index (χ0v) is 13.7. The Morgan fingerprint density at radius 2 is 1.92 bits per heavy atom. The number of carbonyl (C=O) groups is 1. The summed E-state index contributed by atoms with van der Waals surface area (Å²) in [7, 11) is 0. The minimum absolute atomic E-state index is 0.116. The molecule has 122 valence electrons. The Bertz CT molecular complexity index is 863. The van der Waals surface area contributed by atoms with Crippen molar-refractivity contribution in [2.45, 2.75) is 13.5 Å². The lowest BCUT2D eigenvalue weighted by molar-refractivity contribution is -0.114. The van der Waals surface area contributed by atoms with Crippen LogP contribution in [0.2, 0.25) is 5.02 Å². The molecule has 0 spiro atoms. The van der Waals surface area contributed by atoms with Crippen LogP contribution in [-0.2, 0) is 11.3 Å². The number of aromatic nitrogens is 2. The summed E-state index contributed by atoms with van der Waals surface area (Å²) in [5, 5.41) is 14.6. The molecule has 0 unspecified atom stereocenters. The Hall–Kier alpha value is -2.86. The van der Waals surface area contributed by atoms with Crippen molar-refractivity contribution in [2.24, 2.45) is 0 Å². The summed E-state index contributed by atoms with van der Waals surface area (Å²) in [6.07, 6.45) is 0. The summed E-state index contributed by atoms with van der Waals surface area (Å²) < 4.78 is 5.63. The number of nitrogens with zero attached hydrogens (tertiary/aromatic N) is 2. The van der Waals surface area contributed by atoms with Crippen molar-refractivity contribution in [1.29, 1.82) is 0 Å². The van der Waals surface area contributed by atoms with Crippen LogP contribution in [0.25, 0.3) is 11.5 Å². The monoisotopic (exact) mass is 342 g/mol. The topological polar surface area (TPSA) is 80.0 Å². The molecule has 0 fully saturated rings. The summed E-state index contributed by atoms with van der Waals surface area (Å²) in [6, 6.07) is 14.6. The van der Waals surface area contributed by atoms with E-state index in [0.29, 0.717) is 23.3 Å². The van der Waals surface area contributed by atoms with Crippen LogP contribution in [-0.4, -0.2) is 16.1 Å². The molecule has 7 heteroatoms. The number of rotatable bonds is 5. The molecule has 0 aliphatic heterocycles. The van der Waals surface area contributed by atoms with E-state index in [1.54, 1.807) is 12.1 Å². The van der Waals surface area contributed by atoms with Gasteiger partial charge in [0.05, 0.1) is 6.54 Å². The maximum absolute atomic E-state index is 11.1. The predicted molar refractivity (Wildman–Crippen MR) is 92.8 cm³/mol. The molecule has 1 amide bonds. The van der Waals surface area contributed by atoms with Crippen molar-refractivity contribution in [3.8, 4) is 11.5 Å². The first kappa shape index (κ1) is 16.0. The molecule has 1 aromatic heterocycles. The summed E-state index contributed by atoms with van der Waals surface area (Å²) in [5.41, 5.74) is 2.33. The molecule has 3 rings (SSSR count). The van der Waals surface area contributed by atoms with E-state index >= 15 is 0 Å². The van der Waals surface area contributed by atoms with E-state index < -0.39 is 0 Å². The van der Waals surface area contributed by atoms with Gasteiger partial charge in [0.1, 0.15) is 0 Å². The highest BCUT2D eigenvalue weighted by Crippen LogP contribution is 2.22. The third kappa shape index (κ3) is 4.11. The SMILES string of the molecule is CC(=O)Nc1cccc(NCc2nnc(-c3cccc(Cl)c3)o2)c1. The third-order valence-corrected chi connectivity index (χ3v) is 3.40.